The van der Waals surface area contributed by atoms with Gasteiger partial charge < -0.3 is 4.74 Å². The van der Waals surface area contributed by atoms with Crippen molar-refractivity contribution in [3.63, 3.8) is 0 Å². The van der Waals surface area contributed by atoms with Gasteiger partial charge in [0.25, 0.3) is 0 Å². The largest absolute Gasteiger partial charge is 0.418 e. The number of halogens is 1. The maximum atomic E-state index is 11.5. The molecule has 16 heavy (non-hydrogen) atoms. The van der Waals surface area contributed by atoms with Crippen LogP contribution >= 0.6 is 22.6 Å². The Bertz CT molecular complexity index is 531. The summed E-state index contributed by atoms with van der Waals surface area (Å²) in [6, 6.07) is 6.52. The number of benzene rings is 1. The smallest absolute Gasteiger partial charge is 0.372 e. The molecule has 1 aromatic carbocycles. The molecular weight excluding hydrogens is 323 g/mol. The number of allylic oxidation sites excluding steroid dienone is 1. The SMILES string of the molecule is O=C(I)OC1=CC(=O)C(=O)c2ccccc21. The Morgan fingerprint density at radius 1 is 1.12 bits per heavy atom. The highest BCUT2D eigenvalue weighted by atomic mass is 127. The van der Waals surface area contributed by atoms with Gasteiger partial charge in [0, 0.05) is 17.2 Å². The van der Waals surface area contributed by atoms with Crippen LogP contribution in [0.25, 0.3) is 5.76 Å². The third-order valence-corrected chi connectivity index (χ3v) is 2.33. The monoisotopic (exact) mass is 328 g/mol. The van der Waals surface area contributed by atoms with Gasteiger partial charge in [-0.3, -0.25) is 9.59 Å². The fourth-order valence-corrected chi connectivity index (χ4v) is 1.70. The second-order valence-electron chi connectivity index (χ2n) is 3.09. The van der Waals surface area contributed by atoms with Gasteiger partial charge in [-0.1, -0.05) is 24.3 Å². The summed E-state index contributed by atoms with van der Waals surface area (Å²) in [5, 5.41) is 0. The highest BCUT2D eigenvalue weighted by Crippen LogP contribution is 2.26. The number of ketones is 2. The summed E-state index contributed by atoms with van der Waals surface area (Å²) in [5.74, 6) is -1.13. The van der Waals surface area contributed by atoms with Crippen molar-refractivity contribution < 1.29 is 19.1 Å². The summed E-state index contributed by atoms with van der Waals surface area (Å²) >= 11 is 1.46. The number of rotatable bonds is 1. The molecule has 0 spiro atoms. The van der Waals surface area contributed by atoms with Crippen LogP contribution in [-0.2, 0) is 9.53 Å². The molecule has 0 unspecified atom stereocenters. The van der Waals surface area contributed by atoms with Crippen LogP contribution in [0.2, 0.25) is 0 Å². The van der Waals surface area contributed by atoms with Crippen LogP contribution in [0.4, 0.5) is 4.79 Å². The number of carbonyl (C=O) groups excluding carboxylic acids is 3. The lowest BCUT2D eigenvalue weighted by Gasteiger charge is -2.14. The van der Waals surface area contributed by atoms with Gasteiger partial charge in [0.1, 0.15) is 5.76 Å². The first kappa shape index (κ1) is 11.0. The highest BCUT2D eigenvalue weighted by Gasteiger charge is 2.27. The average Bonchev–Trinajstić information content (AvgIpc) is 2.25. The second kappa shape index (κ2) is 4.17. The lowest BCUT2D eigenvalue weighted by Crippen LogP contribution is -2.19. The number of hydrogen-bond donors (Lipinski definition) is 0. The van der Waals surface area contributed by atoms with E-state index in [1.807, 2.05) is 0 Å². The first-order chi connectivity index (χ1) is 7.59. The Morgan fingerprint density at radius 2 is 1.75 bits per heavy atom. The zero-order valence-corrected chi connectivity index (χ0v) is 10.1. The molecule has 0 amide bonds. The topological polar surface area (TPSA) is 60.4 Å². The molecule has 0 radical (unpaired) electrons. The van der Waals surface area contributed by atoms with E-state index in [2.05, 4.69) is 0 Å². The van der Waals surface area contributed by atoms with Crippen LogP contribution in [0.3, 0.4) is 0 Å². The van der Waals surface area contributed by atoms with E-state index in [1.54, 1.807) is 18.2 Å². The van der Waals surface area contributed by atoms with Crippen LogP contribution in [-0.4, -0.2) is 15.5 Å². The van der Waals surface area contributed by atoms with E-state index in [4.69, 9.17) is 4.74 Å². The Balaban J connectivity index is 2.55. The molecule has 2 rings (SSSR count). The minimum Gasteiger partial charge on any atom is -0.418 e. The van der Waals surface area contributed by atoms with E-state index in [0.717, 1.165) is 6.08 Å². The highest BCUT2D eigenvalue weighted by molar-refractivity contribution is 14.1. The molecule has 1 aromatic rings. The van der Waals surface area contributed by atoms with Crippen LogP contribution in [0.15, 0.2) is 30.3 Å². The Hall–Kier alpha value is -1.50. The van der Waals surface area contributed by atoms with E-state index in [-0.39, 0.29) is 11.3 Å². The van der Waals surface area contributed by atoms with Gasteiger partial charge in [-0.25, -0.2) is 4.79 Å². The fourth-order valence-electron chi connectivity index (χ4n) is 1.46. The number of ether oxygens (including phenoxy) is 1. The van der Waals surface area contributed by atoms with E-state index in [9.17, 15) is 14.4 Å². The van der Waals surface area contributed by atoms with Crippen molar-refractivity contribution >= 4 is 43.9 Å². The molecule has 0 N–H and O–H groups in total. The number of Topliss-reactive ketones (excluding diaryl/α,β-unsaturated/α-hetero) is 1. The minimum absolute atomic E-state index is 0.125. The van der Waals surface area contributed by atoms with Crippen molar-refractivity contribution in [2.24, 2.45) is 0 Å². The summed E-state index contributed by atoms with van der Waals surface area (Å²) in [4.78, 5) is 33.7. The van der Waals surface area contributed by atoms with E-state index in [0.29, 0.717) is 5.56 Å². The predicted molar refractivity (Wildman–Crippen MR) is 64.3 cm³/mol. The Morgan fingerprint density at radius 3 is 2.38 bits per heavy atom. The molecule has 80 valence electrons. The summed E-state index contributed by atoms with van der Waals surface area (Å²) in [6.45, 7) is 0. The Labute approximate surface area is 104 Å². The first-order valence-corrected chi connectivity index (χ1v) is 5.44. The zero-order chi connectivity index (χ0) is 11.7. The van der Waals surface area contributed by atoms with Crippen molar-refractivity contribution in [1.29, 1.82) is 0 Å². The van der Waals surface area contributed by atoms with Crippen molar-refractivity contribution in [2.75, 3.05) is 0 Å². The molecule has 0 saturated heterocycles. The van der Waals surface area contributed by atoms with E-state index >= 15 is 0 Å². The summed E-state index contributed by atoms with van der Waals surface area (Å²) in [7, 11) is 0. The van der Waals surface area contributed by atoms with Gasteiger partial charge in [0.15, 0.2) is 0 Å². The van der Waals surface area contributed by atoms with Crippen LogP contribution in [0.1, 0.15) is 15.9 Å². The van der Waals surface area contributed by atoms with E-state index < -0.39 is 15.5 Å². The summed E-state index contributed by atoms with van der Waals surface area (Å²) in [5.41, 5.74) is 0.736. The van der Waals surface area contributed by atoms with Crippen LogP contribution in [0.5, 0.6) is 0 Å². The molecule has 4 nitrogen and oxygen atoms in total. The molecule has 0 saturated carbocycles. The first-order valence-electron chi connectivity index (χ1n) is 4.36. The van der Waals surface area contributed by atoms with Gasteiger partial charge in [0.05, 0.1) is 22.6 Å². The lowest BCUT2D eigenvalue weighted by molar-refractivity contribution is -0.111. The third kappa shape index (κ3) is 1.90. The zero-order valence-electron chi connectivity index (χ0n) is 7.90. The normalized spacial score (nSPS) is 14.2. The molecule has 5 heteroatoms. The second-order valence-corrected chi connectivity index (χ2v) is 3.97. The van der Waals surface area contributed by atoms with Crippen molar-refractivity contribution in [3.8, 4) is 0 Å². The van der Waals surface area contributed by atoms with Crippen LogP contribution in [0, 0.1) is 0 Å². The van der Waals surface area contributed by atoms with Crippen LogP contribution < -0.4 is 0 Å². The molecule has 0 aromatic heterocycles. The predicted octanol–water partition coefficient (Wildman–Crippen LogP) is 2.36. The molecule has 1 aliphatic rings. The fraction of sp³-hybridized carbons (Fsp3) is 0. The van der Waals surface area contributed by atoms with E-state index in [1.165, 1.54) is 28.7 Å². The van der Waals surface area contributed by atoms with Crippen molar-refractivity contribution in [1.82, 2.24) is 0 Å². The minimum atomic E-state index is -0.675. The van der Waals surface area contributed by atoms with Gasteiger partial charge in [0.2, 0.25) is 11.6 Å². The third-order valence-electron chi connectivity index (χ3n) is 2.11. The summed E-state index contributed by atoms with van der Waals surface area (Å²) in [6.07, 6.45) is 1.04. The van der Waals surface area contributed by atoms with Crippen molar-refractivity contribution in [3.05, 3.63) is 41.5 Å². The van der Waals surface area contributed by atoms with Gasteiger partial charge >= 0.3 is 3.98 Å². The molecule has 0 heterocycles. The number of hydrogen-bond acceptors (Lipinski definition) is 4. The summed E-state index contributed by atoms with van der Waals surface area (Å²) < 4.78 is 4.32. The Kier molecular flexibility index (Phi) is 2.86. The van der Waals surface area contributed by atoms with Gasteiger partial charge in [-0.15, -0.1) is 0 Å². The maximum Gasteiger partial charge on any atom is 0.372 e. The number of fused-ring (bicyclic) bond motifs is 1. The van der Waals surface area contributed by atoms with Crippen molar-refractivity contribution in [2.45, 2.75) is 0 Å². The quantitative estimate of drug-likeness (QED) is 0.451. The molecule has 0 aliphatic heterocycles. The van der Waals surface area contributed by atoms with Gasteiger partial charge in [-0.2, -0.15) is 0 Å². The molecule has 1 aliphatic carbocycles. The number of carbonyl (C=O) groups is 3. The molecule has 0 atom stereocenters. The average molecular weight is 328 g/mol. The lowest BCUT2D eigenvalue weighted by atomic mass is 9.94. The maximum absolute atomic E-state index is 11.5. The van der Waals surface area contributed by atoms with Gasteiger partial charge in [-0.05, 0) is 0 Å². The standard InChI is InChI=1S/C11H5IO4/c12-11(15)16-9-5-8(13)10(14)7-4-2-1-3-6(7)9/h1-5H. The molecule has 0 bridgehead atoms. The molecular formula is C11H5IO4. The molecule has 0 fully saturated rings.